The van der Waals surface area contributed by atoms with E-state index in [1.165, 1.54) is 16.9 Å². The van der Waals surface area contributed by atoms with Gasteiger partial charge in [0.05, 0.1) is 4.88 Å². The van der Waals surface area contributed by atoms with Gasteiger partial charge in [-0.05, 0) is 49.7 Å². The average molecular weight is 315 g/mol. The molecule has 0 radical (unpaired) electrons. The number of piperidine rings is 1. The number of rotatable bonds is 2. The average Bonchev–Trinajstić information content (AvgIpc) is 2.98. The van der Waals surface area contributed by atoms with Crippen molar-refractivity contribution in [3.05, 3.63) is 21.4 Å². The Morgan fingerprint density at radius 3 is 3.00 bits per heavy atom. The van der Waals surface area contributed by atoms with Crippen molar-refractivity contribution in [3.63, 3.8) is 0 Å². The van der Waals surface area contributed by atoms with Gasteiger partial charge in [-0.3, -0.25) is 4.79 Å². The Morgan fingerprint density at radius 2 is 2.30 bits per heavy atom. The molecule has 1 saturated heterocycles. The molecule has 1 aromatic rings. The summed E-state index contributed by atoms with van der Waals surface area (Å²) in [4.78, 5) is 17.0. The molecule has 1 aromatic heterocycles. The second-order valence-corrected chi connectivity index (χ2v) is 7.07. The van der Waals surface area contributed by atoms with Crippen molar-refractivity contribution in [1.29, 1.82) is 0 Å². The Labute approximate surface area is 130 Å². The summed E-state index contributed by atoms with van der Waals surface area (Å²) in [5, 5.41) is 0. The molecule has 2 N–H and O–H groups in total. The summed E-state index contributed by atoms with van der Waals surface area (Å²) in [6, 6.07) is 2.36. The van der Waals surface area contributed by atoms with E-state index in [4.69, 9.17) is 5.73 Å². The van der Waals surface area contributed by atoms with Gasteiger partial charge in [-0.2, -0.15) is 0 Å². The molecule has 112 valence electrons. The molecule has 2 unspecified atom stereocenters. The van der Waals surface area contributed by atoms with Crippen molar-refractivity contribution >= 4 is 29.7 Å². The van der Waals surface area contributed by atoms with E-state index in [-0.39, 0.29) is 24.4 Å². The van der Waals surface area contributed by atoms with Crippen LogP contribution >= 0.6 is 23.7 Å². The Balaban J connectivity index is 0.00000147. The minimum atomic E-state index is 0. The highest BCUT2D eigenvalue weighted by molar-refractivity contribution is 7.14. The fourth-order valence-corrected chi connectivity index (χ4v) is 4.53. The summed E-state index contributed by atoms with van der Waals surface area (Å²) in [5.74, 6) is 0.896. The summed E-state index contributed by atoms with van der Waals surface area (Å²) in [6.07, 6.45) is 5.71. The minimum absolute atomic E-state index is 0. The molecule has 2 atom stereocenters. The molecule has 0 aromatic carbocycles. The van der Waals surface area contributed by atoms with E-state index in [2.05, 4.69) is 13.0 Å². The van der Waals surface area contributed by atoms with E-state index in [1.54, 1.807) is 11.3 Å². The quantitative estimate of drug-likeness (QED) is 0.912. The van der Waals surface area contributed by atoms with Gasteiger partial charge in [-0.25, -0.2) is 0 Å². The Hall–Kier alpha value is -0.580. The van der Waals surface area contributed by atoms with Crippen molar-refractivity contribution in [2.24, 2.45) is 11.7 Å². The van der Waals surface area contributed by atoms with Gasteiger partial charge in [0, 0.05) is 24.0 Å². The summed E-state index contributed by atoms with van der Waals surface area (Å²) < 4.78 is 0. The molecule has 1 amide bonds. The molecule has 2 heterocycles. The first-order valence-corrected chi connectivity index (χ1v) is 8.13. The zero-order valence-electron chi connectivity index (χ0n) is 11.9. The number of thiophene rings is 1. The van der Waals surface area contributed by atoms with E-state index in [0.29, 0.717) is 12.5 Å². The lowest BCUT2D eigenvalue weighted by molar-refractivity contribution is 0.0578. The van der Waals surface area contributed by atoms with Gasteiger partial charge in [-0.1, -0.05) is 6.92 Å². The van der Waals surface area contributed by atoms with Crippen molar-refractivity contribution in [2.75, 3.05) is 13.1 Å². The number of hydrogen-bond donors (Lipinski definition) is 1. The standard InChI is InChI=1S/C15H22N2OS.ClH/c1-10-5-6-17(12(7-10)9-16)15(18)14-8-11-3-2-4-13(11)19-14;/h8,10,12H,2-7,9,16H2,1H3;1H. The van der Waals surface area contributed by atoms with Crippen LogP contribution in [0.2, 0.25) is 0 Å². The molecule has 1 aliphatic carbocycles. The number of carbonyl (C=O) groups excluding carboxylic acids is 1. The summed E-state index contributed by atoms with van der Waals surface area (Å²) in [7, 11) is 0. The second kappa shape index (κ2) is 6.46. The van der Waals surface area contributed by atoms with Crippen LogP contribution in [0, 0.1) is 5.92 Å². The maximum atomic E-state index is 12.7. The van der Waals surface area contributed by atoms with Crippen LogP contribution in [0.15, 0.2) is 6.07 Å². The van der Waals surface area contributed by atoms with Gasteiger partial charge in [0.1, 0.15) is 0 Å². The van der Waals surface area contributed by atoms with Crippen molar-refractivity contribution in [2.45, 2.75) is 45.1 Å². The van der Waals surface area contributed by atoms with Crippen molar-refractivity contribution < 1.29 is 4.79 Å². The van der Waals surface area contributed by atoms with Crippen molar-refractivity contribution in [3.8, 4) is 0 Å². The van der Waals surface area contributed by atoms with Crippen molar-refractivity contribution in [1.82, 2.24) is 4.90 Å². The number of carbonyl (C=O) groups is 1. The first-order valence-electron chi connectivity index (χ1n) is 7.31. The fourth-order valence-electron chi connectivity index (χ4n) is 3.32. The number of halogens is 1. The van der Waals surface area contributed by atoms with E-state index in [1.807, 2.05) is 4.90 Å². The predicted molar refractivity (Wildman–Crippen MR) is 85.9 cm³/mol. The number of amides is 1. The predicted octanol–water partition coefficient (Wildman–Crippen LogP) is 2.86. The molecule has 3 rings (SSSR count). The zero-order chi connectivity index (χ0) is 13.4. The molecule has 2 aliphatic rings. The van der Waals surface area contributed by atoms with Crippen LogP contribution < -0.4 is 5.73 Å². The normalized spacial score (nSPS) is 25.2. The minimum Gasteiger partial charge on any atom is -0.334 e. The highest BCUT2D eigenvalue weighted by Crippen LogP contribution is 2.32. The molecular weight excluding hydrogens is 292 g/mol. The highest BCUT2D eigenvalue weighted by Gasteiger charge is 2.31. The van der Waals surface area contributed by atoms with Crippen LogP contribution in [0.5, 0.6) is 0 Å². The van der Waals surface area contributed by atoms with Gasteiger partial charge in [-0.15, -0.1) is 23.7 Å². The summed E-state index contributed by atoms with van der Waals surface area (Å²) in [5.41, 5.74) is 7.26. The smallest absolute Gasteiger partial charge is 0.264 e. The van der Waals surface area contributed by atoms with Crippen LogP contribution in [-0.4, -0.2) is 29.9 Å². The first kappa shape index (κ1) is 15.8. The van der Waals surface area contributed by atoms with Gasteiger partial charge in [0.15, 0.2) is 0 Å². The third-order valence-corrected chi connectivity index (χ3v) is 5.69. The van der Waals surface area contributed by atoms with Crippen LogP contribution in [-0.2, 0) is 12.8 Å². The highest BCUT2D eigenvalue weighted by atomic mass is 35.5. The van der Waals surface area contributed by atoms with E-state index < -0.39 is 0 Å². The molecule has 20 heavy (non-hydrogen) atoms. The molecule has 0 bridgehead atoms. The maximum absolute atomic E-state index is 12.7. The molecular formula is C15H23ClN2OS. The first-order chi connectivity index (χ1) is 9.19. The Morgan fingerprint density at radius 1 is 1.50 bits per heavy atom. The molecule has 0 saturated carbocycles. The maximum Gasteiger partial charge on any atom is 0.264 e. The molecule has 1 aliphatic heterocycles. The fraction of sp³-hybridized carbons (Fsp3) is 0.667. The Kier molecular flexibility index (Phi) is 5.10. The van der Waals surface area contributed by atoms with E-state index in [9.17, 15) is 4.79 Å². The third-order valence-electron chi connectivity index (χ3n) is 4.47. The summed E-state index contributed by atoms with van der Waals surface area (Å²) in [6.45, 7) is 3.70. The number of likely N-dealkylation sites (tertiary alicyclic amines) is 1. The number of aryl methyl sites for hydroxylation is 2. The lowest BCUT2D eigenvalue weighted by Gasteiger charge is -2.37. The molecule has 5 heteroatoms. The lowest BCUT2D eigenvalue weighted by atomic mass is 9.92. The zero-order valence-corrected chi connectivity index (χ0v) is 13.6. The third kappa shape index (κ3) is 2.87. The second-order valence-electron chi connectivity index (χ2n) is 5.93. The van der Waals surface area contributed by atoms with Crippen LogP contribution in [0.25, 0.3) is 0 Å². The molecule has 3 nitrogen and oxygen atoms in total. The van der Waals surface area contributed by atoms with Gasteiger partial charge in [0.25, 0.3) is 5.91 Å². The van der Waals surface area contributed by atoms with Gasteiger partial charge in [0.2, 0.25) is 0 Å². The lowest BCUT2D eigenvalue weighted by Crippen LogP contribution is -2.49. The monoisotopic (exact) mass is 314 g/mol. The van der Waals surface area contributed by atoms with E-state index >= 15 is 0 Å². The number of hydrogen-bond acceptors (Lipinski definition) is 3. The number of nitrogens with two attached hydrogens (primary N) is 1. The van der Waals surface area contributed by atoms with Crippen LogP contribution in [0.4, 0.5) is 0 Å². The van der Waals surface area contributed by atoms with E-state index in [0.717, 1.165) is 37.1 Å². The Bertz CT molecular complexity index is 467. The molecule has 0 spiro atoms. The van der Waals surface area contributed by atoms with Crippen LogP contribution in [0.3, 0.4) is 0 Å². The van der Waals surface area contributed by atoms with Gasteiger partial charge >= 0.3 is 0 Å². The summed E-state index contributed by atoms with van der Waals surface area (Å²) >= 11 is 1.71. The topological polar surface area (TPSA) is 46.3 Å². The number of fused-ring (bicyclic) bond motifs is 1. The van der Waals surface area contributed by atoms with Crippen LogP contribution in [0.1, 0.15) is 46.3 Å². The largest absolute Gasteiger partial charge is 0.334 e. The molecule has 1 fully saturated rings. The van der Waals surface area contributed by atoms with Gasteiger partial charge < -0.3 is 10.6 Å². The number of nitrogens with zero attached hydrogens (tertiary/aromatic N) is 1. The SMILES string of the molecule is CC1CCN(C(=O)c2cc3c(s2)CCC3)C(CN)C1.Cl.